The number of benzene rings is 2. The van der Waals surface area contributed by atoms with E-state index in [9.17, 15) is 0 Å². The number of pyridine rings is 1. The van der Waals surface area contributed by atoms with Crippen molar-refractivity contribution in [1.29, 1.82) is 0 Å². The van der Waals surface area contributed by atoms with Gasteiger partial charge in [-0.1, -0.05) is 6.07 Å². The molecule has 4 aromatic rings. The third kappa shape index (κ3) is 2.89. The predicted molar refractivity (Wildman–Crippen MR) is 112 cm³/mol. The molecule has 30 heavy (non-hydrogen) atoms. The van der Waals surface area contributed by atoms with Crippen LogP contribution in [0.3, 0.4) is 0 Å². The van der Waals surface area contributed by atoms with E-state index in [1.807, 2.05) is 42.5 Å². The third-order valence-corrected chi connectivity index (χ3v) is 5.00. The molecule has 0 radical (unpaired) electrons. The van der Waals surface area contributed by atoms with Gasteiger partial charge in [-0.25, -0.2) is 15.0 Å². The summed E-state index contributed by atoms with van der Waals surface area (Å²) in [5.41, 5.74) is 9.85. The van der Waals surface area contributed by atoms with Crippen molar-refractivity contribution in [1.82, 2.24) is 15.0 Å². The van der Waals surface area contributed by atoms with E-state index in [-0.39, 0.29) is 6.79 Å². The molecule has 1 aliphatic heterocycles. The molecule has 0 spiro atoms. The standard InChI is InChI=1S/C22H18N4O4/c1-27-13-4-6-17(28-2)15(8-13)16-9-14(20-21(23)24-10-25-22(20)26-16)12-3-5-18-19(7-12)30-11-29-18/h3-10H,11H2,1-2H3,(H2,23,24,25,26). The molecular weight excluding hydrogens is 384 g/mol. The summed E-state index contributed by atoms with van der Waals surface area (Å²) in [6.07, 6.45) is 1.40. The van der Waals surface area contributed by atoms with Crippen molar-refractivity contribution in [3.8, 4) is 45.4 Å². The maximum absolute atomic E-state index is 6.21. The normalized spacial score (nSPS) is 12.2. The minimum Gasteiger partial charge on any atom is -0.497 e. The molecule has 150 valence electrons. The smallest absolute Gasteiger partial charge is 0.231 e. The van der Waals surface area contributed by atoms with Crippen LogP contribution in [0, 0.1) is 0 Å². The fourth-order valence-electron chi connectivity index (χ4n) is 3.53. The van der Waals surface area contributed by atoms with E-state index in [2.05, 4.69) is 9.97 Å². The van der Waals surface area contributed by atoms with Gasteiger partial charge in [-0.3, -0.25) is 0 Å². The lowest BCUT2D eigenvalue weighted by molar-refractivity contribution is 0.174. The molecule has 8 nitrogen and oxygen atoms in total. The van der Waals surface area contributed by atoms with Crippen LogP contribution in [0.15, 0.2) is 48.8 Å². The fourth-order valence-corrected chi connectivity index (χ4v) is 3.53. The number of hydrogen-bond donors (Lipinski definition) is 1. The SMILES string of the molecule is COc1ccc(OC)c(-c2cc(-c3ccc4c(c3)OCO4)c3c(N)ncnc3n2)c1. The van der Waals surface area contributed by atoms with Gasteiger partial charge in [0.1, 0.15) is 23.6 Å². The average Bonchev–Trinajstić information content (AvgIpc) is 3.26. The second-order valence-corrected chi connectivity index (χ2v) is 6.65. The van der Waals surface area contributed by atoms with Gasteiger partial charge in [-0.15, -0.1) is 0 Å². The Balaban J connectivity index is 1.79. The highest BCUT2D eigenvalue weighted by atomic mass is 16.7. The lowest BCUT2D eigenvalue weighted by Crippen LogP contribution is -1.99. The van der Waals surface area contributed by atoms with E-state index in [0.29, 0.717) is 45.5 Å². The zero-order valence-electron chi connectivity index (χ0n) is 16.4. The third-order valence-electron chi connectivity index (χ3n) is 5.00. The van der Waals surface area contributed by atoms with Crippen LogP contribution in [0.1, 0.15) is 0 Å². The minimum absolute atomic E-state index is 0.202. The number of aromatic nitrogens is 3. The molecule has 5 rings (SSSR count). The van der Waals surface area contributed by atoms with Crippen molar-refractivity contribution in [2.24, 2.45) is 0 Å². The summed E-state index contributed by atoms with van der Waals surface area (Å²) in [6, 6.07) is 13.2. The molecule has 8 heteroatoms. The molecule has 2 N–H and O–H groups in total. The van der Waals surface area contributed by atoms with Crippen LogP contribution >= 0.6 is 0 Å². The molecule has 3 heterocycles. The Morgan fingerprint density at radius 2 is 1.77 bits per heavy atom. The Morgan fingerprint density at radius 1 is 0.900 bits per heavy atom. The molecule has 2 aromatic carbocycles. The molecule has 0 fully saturated rings. The summed E-state index contributed by atoms with van der Waals surface area (Å²) in [7, 11) is 3.23. The van der Waals surface area contributed by atoms with Gasteiger partial charge in [-0.05, 0) is 47.5 Å². The lowest BCUT2D eigenvalue weighted by atomic mass is 9.99. The number of ether oxygens (including phenoxy) is 4. The number of anilines is 1. The highest BCUT2D eigenvalue weighted by Crippen LogP contribution is 2.41. The van der Waals surface area contributed by atoms with Crippen molar-refractivity contribution in [3.05, 3.63) is 48.8 Å². The lowest BCUT2D eigenvalue weighted by Gasteiger charge is -2.14. The summed E-state index contributed by atoms with van der Waals surface area (Å²) < 4.78 is 21.9. The van der Waals surface area contributed by atoms with E-state index in [0.717, 1.165) is 16.7 Å². The van der Waals surface area contributed by atoms with Crippen LogP contribution in [-0.2, 0) is 0 Å². The zero-order chi connectivity index (χ0) is 20.7. The molecule has 2 aromatic heterocycles. The Morgan fingerprint density at radius 3 is 2.60 bits per heavy atom. The van der Waals surface area contributed by atoms with Crippen molar-refractivity contribution in [2.45, 2.75) is 0 Å². The van der Waals surface area contributed by atoms with Gasteiger partial charge in [0.2, 0.25) is 6.79 Å². The highest BCUT2D eigenvalue weighted by molar-refractivity contribution is 6.01. The van der Waals surface area contributed by atoms with Gasteiger partial charge in [0.15, 0.2) is 17.1 Å². The molecule has 0 amide bonds. The van der Waals surface area contributed by atoms with E-state index < -0.39 is 0 Å². The topological polar surface area (TPSA) is 102 Å². The second kappa shape index (κ2) is 7.07. The van der Waals surface area contributed by atoms with Crippen molar-refractivity contribution < 1.29 is 18.9 Å². The molecule has 0 unspecified atom stereocenters. The van der Waals surface area contributed by atoms with E-state index >= 15 is 0 Å². The quantitative estimate of drug-likeness (QED) is 0.551. The first kappa shape index (κ1) is 18.0. The zero-order valence-corrected chi connectivity index (χ0v) is 16.4. The van der Waals surface area contributed by atoms with E-state index in [4.69, 9.17) is 29.7 Å². The maximum atomic E-state index is 6.21. The molecule has 0 bridgehead atoms. The minimum atomic E-state index is 0.202. The number of nitrogens with zero attached hydrogens (tertiary/aromatic N) is 3. The van der Waals surface area contributed by atoms with Gasteiger partial charge in [0.25, 0.3) is 0 Å². The molecule has 0 saturated heterocycles. The van der Waals surface area contributed by atoms with Crippen LogP contribution in [0.5, 0.6) is 23.0 Å². The molecule has 0 saturated carbocycles. The van der Waals surface area contributed by atoms with Crippen LogP contribution in [-0.4, -0.2) is 36.0 Å². The second-order valence-electron chi connectivity index (χ2n) is 6.65. The Hall–Kier alpha value is -4.07. The molecule has 0 aliphatic carbocycles. The van der Waals surface area contributed by atoms with Crippen LogP contribution in [0.2, 0.25) is 0 Å². The maximum Gasteiger partial charge on any atom is 0.231 e. The van der Waals surface area contributed by atoms with Crippen molar-refractivity contribution >= 4 is 16.9 Å². The van der Waals surface area contributed by atoms with E-state index in [1.54, 1.807) is 14.2 Å². The van der Waals surface area contributed by atoms with Crippen LogP contribution in [0.25, 0.3) is 33.4 Å². The first-order chi connectivity index (χ1) is 14.7. The first-order valence-corrected chi connectivity index (χ1v) is 9.21. The van der Waals surface area contributed by atoms with E-state index in [1.165, 1.54) is 6.33 Å². The van der Waals surface area contributed by atoms with Gasteiger partial charge in [-0.2, -0.15) is 0 Å². The monoisotopic (exact) mass is 402 g/mol. The summed E-state index contributed by atoms with van der Waals surface area (Å²) in [4.78, 5) is 13.2. The van der Waals surface area contributed by atoms with Crippen molar-refractivity contribution in [3.63, 3.8) is 0 Å². The Labute approximate surface area is 172 Å². The Bertz CT molecular complexity index is 1280. The number of rotatable bonds is 4. The average molecular weight is 402 g/mol. The summed E-state index contributed by atoms with van der Waals surface area (Å²) in [5.74, 6) is 3.09. The number of hydrogen-bond acceptors (Lipinski definition) is 8. The Kier molecular flexibility index (Phi) is 4.24. The summed E-state index contributed by atoms with van der Waals surface area (Å²) >= 11 is 0. The predicted octanol–water partition coefficient (Wildman–Crippen LogP) is 3.69. The number of fused-ring (bicyclic) bond motifs is 2. The summed E-state index contributed by atoms with van der Waals surface area (Å²) in [5, 5.41) is 0.668. The summed E-state index contributed by atoms with van der Waals surface area (Å²) in [6.45, 7) is 0.202. The van der Waals surface area contributed by atoms with Gasteiger partial charge < -0.3 is 24.7 Å². The number of nitrogens with two attached hydrogens (primary N) is 1. The van der Waals surface area contributed by atoms with Crippen LogP contribution < -0.4 is 24.7 Å². The van der Waals surface area contributed by atoms with Gasteiger partial charge >= 0.3 is 0 Å². The van der Waals surface area contributed by atoms with Gasteiger partial charge in [0.05, 0.1) is 25.3 Å². The van der Waals surface area contributed by atoms with Crippen molar-refractivity contribution in [2.75, 3.05) is 26.7 Å². The van der Waals surface area contributed by atoms with Gasteiger partial charge in [0, 0.05) is 5.56 Å². The largest absolute Gasteiger partial charge is 0.497 e. The number of nitrogen functional groups attached to an aromatic ring is 1. The number of methoxy groups -OCH3 is 2. The molecular formula is C22H18N4O4. The van der Waals surface area contributed by atoms with Crippen LogP contribution in [0.4, 0.5) is 5.82 Å². The first-order valence-electron chi connectivity index (χ1n) is 9.21. The molecule has 0 atom stereocenters. The highest BCUT2D eigenvalue weighted by Gasteiger charge is 2.19. The molecule has 1 aliphatic rings. The fraction of sp³-hybridized carbons (Fsp3) is 0.136.